The molecular formula is C22H21FN4O3. The van der Waals surface area contributed by atoms with Crippen LogP contribution in [0.15, 0.2) is 59.7 Å². The highest BCUT2D eigenvalue weighted by Gasteiger charge is 2.32. The Morgan fingerprint density at radius 3 is 2.80 bits per heavy atom. The minimum absolute atomic E-state index is 0.0485. The van der Waals surface area contributed by atoms with Crippen LogP contribution < -0.4 is 10.3 Å². The van der Waals surface area contributed by atoms with E-state index >= 15 is 0 Å². The number of ether oxygens (including phenoxy) is 1. The first-order valence-corrected chi connectivity index (χ1v) is 9.73. The zero-order valence-corrected chi connectivity index (χ0v) is 16.4. The highest BCUT2D eigenvalue weighted by molar-refractivity contribution is 5.81. The number of aromatic nitrogens is 3. The number of likely N-dealkylation sites (tertiary alicyclic amines) is 1. The molecule has 0 spiro atoms. The molecule has 2 aromatic heterocycles. The summed E-state index contributed by atoms with van der Waals surface area (Å²) in [5.41, 5.74) is 1.16. The molecule has 0 unspecified atom stereocenters. The molecule has 1 aliphatic heterocycles. The van der Waals surface area contributed by atoms with E-state index in [0.717, 1.165) is 5.56 Å². The number of pyridine rings is 1. The summed E-state index contributed by atoms with van der Waals surface area (Å²) in [6, 6.07) is 11.0. The highest BCUT2D eigenvalue weighted by atomic mass is 19.1. The Labute approximate surface area is 172 Å². The minimum Gasteiger partial charge on any atom is -0.478 e. The molecule has 3 heterocycles. The van der Waals surface area contributed by atoms with Crippen LogP contribution in [-0.4, -0.2) is 45.0 Å². The lowest BCUT2D eigenvalue weighted by atomic mass is 10.0. The molecule has 30 heavy (non-hydrogen) atoms. The number of para-hydroxylation sites is 1. The molecule has 154 valence electrons. The fourth-order valence-electron chi connectivity index (χ4n) is 3.57. The van der Waals surface area contributed by atoms with Gasteiger partial charge in [-0.15, -0.1) is 0 Å². The summed E-state index contributed by atoms with van der Waals surface area (Å²) in [5.74, 6) is -0.265. The van der Waals surface area contributed by atoms with E-state index in [-0.39, 0.29) is 23.1 Å². The number of halogens is 1. The number of hydrogen-bond acceptors (Lipinski definition) is 5. The number of aromatic amines is 1. The van der Waals surface area contributed by atoms with Crippen molar-refractivity contribution in [1.29, 1.82) is 0 Å². The molecule has 0 saturated carbocycles. The van der Waals surface area contributed by atoms with Crippen LogP contribution in [0.4, 0.5) is 4.39 Å². The number of nitrogens with one attached hydrogen (secondary N) is 1. The van der Waals surface area contributed by atoms with Gasteiger partial charge >= 0.3 is 0 Å². The van der Waals surface area contributed by atoms with E-state index in [1.54, 1.807) is 48.5 Å². The van der Waals surface area contributed by atoms with Crippen molar-refractivity contribution < 1.29 is 13.9 Å². The minimum atomic E-state index is -0.819. The number of hydrogen-bond donors (Lipinski definition) is 1. The molecule has 8 heteroatoms. The third kappa shape index (κ3) is 4.22. The van der Waals surface area contributed by atoms with Crippen molar-refractivity contribution in [2.24, 2.45) is 0 Å². The second kappa shape index (κ2) is 8.44. The van der Waals surface area contributed by atoms with Gasteiger partial charge in [0.25, 0.3) is 11.5 Å². The normalized spacial score (nSPS) is 17.0. The quantitative estimate of drug-likeness (QED) is 0.701. The van der Waals surface area contributed by atoms with E-state index in [2.05, 4.69) is 15.0 Å². The number of rotatable bonds is 5. The molecule has 2 atom stereocenters. The number of amides is 1. The zero-order valence-electron chi connectivity index (χ0n) is 16.4. The lowest BCUT2D eigenvalue weighted by molar-refractivity contribution is -0.136. The van der Waals surface area contributed by atoms with Gasteiger partial charge in [0.15, 0.2) is 17.7 Å². The lowest BCUT2D eigenvalue weighted by Gasteiger charge is -2.22. The predicted molar refractivity (Wildman–Crippen MR) is 109 cm³/mol. The van der Waals surface area contributed by atoms with Gasteiger partial charge in [-0.1, -0.05) is 12.1 Å². The van der Waals surface area contributed by atoms with Gasteiger partial charge in [0.1, 0.15) is 5.82 Å². The van der Waals surface area contributed by atoms with Crippen LogP contribution in [0.2, 0.25) is 0 Å². The maximum atomic E-state index is 13.8. The van der Waals surface area contributed by atoms with E-state index < -0.39 is 11.9 Å². The summed E-state index contributed by atoms with van der Waals surface area (Å²) in [6.07, 6.45) is 3.13. The molecular weight excluding hydrogens is 387 g/mol. The van der Waals surface area contributed by atoms with Gasteiger partial charge in [-0.05, 0) is 37.6 Å². The molecule has 1 aromatic carbocycles. The first-order chi connectivity index (χ1) is 14.5. The van der Waals surface area contributed by atoms with Gasteiger partial charge in [-0.3, -0.25) is 14.6 Å². The molecule has 7 nitrogen and oxygen atoms in total. The molecule has 0 radical (unpaired) electrons. The first-order valence-electron chi connectivity index (χ1n) is 9.73. The van der Waals surface area contributed by atoms with Gasteiger partial charge in [-0.25, -0.2) is 9.37 Å². The Morgan fingerprint density at radius 1 is 1.27 bits per heavy atom. The molecule has 1 N–H and O–H groups in total. The molecule has 4 rings (SSSR count). The average Bonchev–Trinajstić information content (AvgIpc) is 3.25. The fraction of sp³-hybridized carbons (Fsp3) is 0.273. The average molecular weight is 408 g/mol. The van der Waals surface area contributed by atoms with E-state index in [1.165, 1.54) is 18.2 Å². The Morgan fingerprint density at radius 2 is 2.03 bits per heavy atom. The zero-order chi connectivity index (χ0) is 21.1. The van der Waals surface area contributed by atoms with Gasteiger partial charge < -0.3 is 14.6 Å². The number of nitrogens with zero attached hydrogens (tertiary/aromatic N) is 3. The largest absolute Gasteiger partial charge is 0.478 e. The summed E-state index contributed by atoms with van der Waals surface area (Å²) in [7, 11) is 0. The lowest BCUT2D eigenvalue weighted by Crippen LogP contribution is -2.39. The van der Waals surface area contributed by atoms with Crippen LogP contribution in [0.3, 0.4) is 0 Å². The van der Waals surface area contributed by atoms with E-state index in [9.17, 15) is 14.0 Å². The van der Waals surface area contributed by atoms with E-state index in [0.29, 0.717) is 31.0 Å². The first kappa shape index (κ1) is 19.8. The van der Waals surface area contributed by atoms with Crippen LogP contribution in [0.1, 0.15) is 25.0 Å². The topological polar surface area (TPSA) is 88.2 Å². The highest BCUT2D eigenvalue weighted by Crippen LogP contribution is 2.27. The number of carbonyl (C=O) groups excluding carboxylic acids is 1. The Bertz CT molecular complexity index is 1100. The second-order valence-electron chi connectivity index (χ2n) is 7.22. The number of benzene rings is 1. The molecule has 0 bridgehead atoms. The molecule has 1 fully saturated rings. The molecule has 3 aromatic rings. The fourth-order valence-corrected chi connectivity index (χ4v) is 3.57. The smallest absolute Gasteiger partial charge is 0.263 e. The maximum Gasteiger partial charge on any atom is 0.263 e. The summed E-state index contributed by atoms with van der Waals surface area (Å²) in [6.45, 7) is 2.55. The van der Waals surface area contributed by atoms with Crippen LogP contribution in [0.5, 0.6) is 5.75 Å². The summed E-state index contributed by atoms with van der Waals surface area (Å²) in [5, 5.41) is 0. The Kier molecular flexibility index (Phi) is 5.56. The Hall–Kier alpha value is -3.55. The third-order valence-corrected chi connectivity index (χ3v) is 5.12. The van der Waals surface area contributed by atoms with Crippen molar-refractivity contribution in [2.75, 3.05) is 13.1 Å². The summed E-state index contributed by atoms with van der Waals surface area (Å²) in [4.78, 5) is 37.9. The molecule has 1 amide bonds. The second-order valence-corrected chi connectivity index (χ2v) is 7.22. The molecule has 0 aliphatic carbocycles. The van der Waals surface area contributed by atoms with Gasteiger partial charge in [0.05, 0.1) is 5.69 Å². The van der Waals surface area contributed by atoms with E-state index in [1.807, 2.05) is 0 Å². The molecule has 1 aliphatic rings. The van der Waals surface area contributed by atoms with Crippen molar-refractivity contribution in [3.63, 3.8) is 0 Å². The van der Waals surface area contributed by atoms with Crippen molar-refractivity contribution in [3.05, 3.63) is 76.7 Å². The van der Waals surface area contributed by atoms with Crippen molar-refractivity contribution >= 4 is 5.91 Å². The van der Waals surface area contributed by atoms with Crippen LogP contribution in [-0.2, 0) is 4.79 Å². The monoisotopic (exact) mass is 408 g/mol. The standard InChI is InChI=1S/C22H21FN4O3/c1-14(30-19-5-3-2-4-17(19)23)22(29)27-11-8-16(13-27)18-12-20(28)26-21(25-18)15-6-9-24-10-7-15/h2-7,9-10,12,14,16H,8,11,13H2,1H3,(H,25,26,28)/t14-,16-/m1/s1. The summed E-state index contributed by atoms with van der Waals surface area (Å²) >= 11 is 0. The summed E-state index contributed by atoms with van der Waals surface area (Å²) < 4.78 is 19.3. The van der Waals surface area contributed by atoms with Crippen molar-refractivity contribution in [3.8, 4) is 17.1 Å². The SMILES string of the molecule is C[C@@H](Oc1ccccc1F)C(=O)N1CC[C@@H](c2cc(=O)[nH]c(-c3ccncc3)n2)C1. The number of H-pyrrole nitrogens is 1. The van der Waals surface area contributed by atoms with Crippen LogP contribution >= 0.6 is 0 Å². The van der Waals surface area contributed by atoms with Crippen molar-refractivity contribution in [1.82, 2.24) is 19.9 Å². The maximum absolute atomic E-state index is 13.8. The van der Waals surface area contributed by atoms with Crippen LogP contribution in [0, 0.1) is 5.82 Å². The number of carbonyl (C=O) groups is 1. The van der Waals surface area contributed by atoms with Gasteiger partial charge in [0, 0.05) is 43.0 Å². The van der Waals surface area contributed by atoms with Gasteiger partial charge in [-0.2, -0.15) is 0 Å². The van der Waals surface area contributed by atoms with Crippen LogP contribution in [0.25, 0.3) is 11.4 Å². The Balaban J connectivity index is 1.47. The molecule has 1 saturated heterocycles. The predicted octanol–water partition coefficient (Wildman–Crippen LogP) is 2.75. The third-order valence-electron chi connectivity index (χ3n) is 5.12. The van der Waals surface area contributed by atoms with Crippen molar-refractivity contribution in [2.45, 2.75) is 25.4 Å². The van der Waals surface area contributed by atoms with Gasteiger partial charge in [0.2, 0.25) is 0 Å². The van der Waals surface area contributed by atoms with E-state index in [4.69, 9.17) is 4.74 Å².